The molecule has 0 saturated carbocycles. The van der Waals surface area contributed by atoms with E-state index >= 15 is 0 Å². The summed E-state index contributed by atoms with van der Waals surface area (Å²) >= 11 is 0. The van der Waals surface area contributed by atoms with E-state index in [1.54, 1.807) is 12.4 Å². The van der Waals surface area contributed by atoms with Gasteiger partial charge in [-0.15, -0.1) is 0 Å². The second-order valence-electron chi connectivity index (χ2n) is 5.78. The highest BCUT2D eigenvalue weighted by molar-refractivity contribution is 7.89. The highest BCUT2D eigenvalue weighted by Crippen LogP contribution is 2.28. The molecule has 25 heavy (non-hydrogen) atoms. The van der Waals surface area contributed by atoms with Gasteiger partial charge in [0, 0.05) is 32.0 Å². The van der Waals surface area contributed by atoms with E-state index in [1.807, 2.05) is 6.92 Å². The third kappa shape index (κ3) is 3.39. The van der Waals surface area contributed by atoms with Crippen molar-refractivity contribution in [2.75, 3.05) is 33.3 Å². The van der Waals surface area contributed by atoms with Crippen molar-refractivity contribution in [1.29, 1.82) is 0 Å². The van der Waals surface area contributed by atoms with E-state index in [9.17, 15) is 12.8 Å². The van der Waals surface area contributed by atoms with Crippen LogP contribution in [-0.4, -0.2) is 60.9 Å². The number of ether oxygens (including phenoxy) is 1. The van der Waals surface area contributed by atoms with Gasteiger partial charge in [0.15, 0.2) is 11.6 Å². The first-order valence-corrected chi connectivity index (χ1v) is 9.48. The van der Waals surface area contributed by atoms with E-state index in [4.69, 9.17) is 4.74 Å². The molecule has 7 nitrogen and oxygen atoms in total. The maximum Gasteiger partial charge on any atom is 0.243 e. The molecule has 2 aromatic rings. The first-order chi connectivity index (χ1) is 12.0. The van der Waals surface area contributed by atoms with Crippen molar-refractivity contribution < 1.29 is 17.5 Å². The summed E-state index contributed by atoms with van der Waals surface area (Å²) in [5, 5.41) is 0. The van der Waals surface area contributed by atoms with Gasteiger partial charge in [-0.05, 0) is 24.7 Å². The Morgan fingerprint density at radius 1 is 1.40 bits per heavy atom. The monoisotopic (exact) mass is 368 g/mol. The molecule has 1 saturated heterocycles. The number of benzene rings is 1. The van der Waals surface area contributed by atoms with E-state index in [1.165, 1.54) is 23.5 Å². The lowest BCUT2D eigenvalue weighted by Crippen LogP contribution is -2.50. The van der Waals surface area contributed by atoms with Gasteiger partial charge in [-0.3, -0.25) is 4.90 Å². The predicted molar refractivity (Wildman–Crippen MR) is 90.3 cm³/mol. The van der Waals surface area contributed by atoms with Gasteiger partial charge in [0.1, 0.15) is 5.82 Å². The van der Waals surface area contributed by atoms with Crippen LogP contribution in [0.15, 0.2) is 35.5 Å². The number of methoxy groups -OCH3 is 1. The Morgan fingerprint density at radius 3 is 2.80 bits per heavy atom. The Balaban J connectivity index is 1.88. The fraction of sp³-hybridized carbons (Fsp3) is 0.438. The fourth-order valence-corrected chi connectivity index (χ4v) is 4.52. The Hall–Kier alpha value is -1.97. The largest absolute Gasteiger partial charge is 0.494 e. The van der Waals surface area contributed by atoms with Gasteiger partial charge in [-0.1, -0.05) is 6.92 Å². The topological polar surface area (TPSA) is 78.5 Å². The van der Waals surface area contributed by atoms with Crippen LogP contribution in [0.25, 0.3) is 0 Å². The maximum absolute atomic E-state index is 13.9. The smallest absolute Gasteiger partial charge is 0.243 e. The molecule has 1 aromatic carbocycles. The first-order valence-electron chi connectivity index (χ1n) is 8.04. The molecule has 136 valence electrons. The molecule has 1 N–H and O–H groups in total. The van der Waals surface area contributed by atoms with Crippen LogP contribution in [0.2, 0.25) is 0 Å². The molecule has 0 radical (unpaired) electrons. The standard InChI is InChI=1S/C16H21FN4O3S/c1-3-20-8-9-21(11-14(20)16-18-6-7-19-16)25(22,23)12-4-5-15(24-2)13(17)10-12/h4-7,10,14H,3,8-9,11H2,1-2H3,(H,18,19). The van der Waals surface area contributed by atoms with E-state index < -0.39 is 15.8 Å². The molecular formula is C16H21FN4O3S. The molecule has 9 heteroatoms. The van der Waals surface area contributed by atoms with Crippen LogP contribution in [0, 0.1) is 5.82 Å². The molecule has 1 aliphatic heterocycles. The van der Waals surface area contributed by atoms with Gasteiger partial charge in [0.05, 0.1) is 18.0 Å². The Labute approximate surface area is 146 Å². The molecule has 1 fully saturated rings. The van der Waals surface area contributed by atoms with Crippen LogP contribution in [0.4, 0.5) is 4.39 Å². The molecular weight excluding hydrogens is 347 g/mol. The Morgan fingerprint density at radius 2 is 2.20 bits per heavy atom. The molecule has 0 spiro atoms. The normalized spacial score (nSPS) is 19.9. The van der Waals surface area contributed by atoms with Gasteiger partial charge < -0.3 is 9.72 Å². The number of aromatic amines is 1. The number of nitrogens with one attached hydrogen (secondary N) is 1. The third-order valence-corrected chi connectivity index (χ3v) is 6.32. The van der Waals surface area contributed by atoms with Crippen molar-refractivity contribution in [1.82, 2.24) is 19.2 Å². The molecule has 0 amide bonds. The van der Waals surface area contributed by atoms with Crippen molar-refractivity contribution in [3.05, 3.63) is 42.2 Å². The number of rotatable bonds is 5. The van der Waals surface area contributed by atoms with Gasteiger partial charge in [0.2, 0.25) is 10.0 Å². The third-order valence-electron chi connectivity index (χ3n) is 4.46. The van der Waals surface area contributed by atoms with Crippen molar-refractivity contribution in [2.24, 2.45) is 0 Å². The number of imidazole rings is 1. The van der Waals surface area contributed by atoms with Gasteiger partial charge in [-0.25, -0.2) is 17.8 Å². The zero-order chi connectivity index (χ0) is 18.0. The van der Waals surface area contributed by atoms with E-state index in [0.29, 0.717) is 13.1 Å². The van der Waals surface area contributed by atoms with Crippen LogP contribution in [-0.2, 0) is 10.0 Å². The molecule has 1 unspecified atom stereocenters. The van der Waals surface area contributed by atoms with Crippen molar-refractivity contribution in [3.63, 3.8) is 0 Å². The van der Waals surface area contributed by atoms with E-state index in [0.717, 1.165) is 18.4 Å². The zero-order valence-corrected chi connectivity index (χ0v) is 15.0. The average Bonchev–Trinajstić information content (AvgIpc) is 3.15. The molecule has 0 bridgehead atoms. The number of hydrogen-bond donors (Lipinski definition) is 1. The average molecular weight is 368 g/mol. The number of hydrogen-bond acceptors (Lipinski definition) is 5. The minimum atomic E-state index is -3.80. The Kier molecular flexibility index (Phi) is 5.07. The van der Waals surface area contributed by atoms with Crippen LogP contribution < -0.4 is 4.74 Å². The second-order valence-corrected chi connectivity index (χ2v) is 7.72. The number of halogens is 1. The van der Waals surface area contributed by atoms with E-state index in [2.05, 4.69) is 14.9 Å². The lowest BCUT2D eigenvalue weighted by molar-refractivity contribution is 0.119. The highest BCUT2D eigenvalue weighted by atomic mass is 32.2. The number of nitrogens with zero attached hydrogens (tertiary/aromatic N) is 3. The van der Waals surface area contributed by atoms with Gasteiger partial charge in [0.25, 0.3) is 0 Å². The summed E-state index contributed by atoms with van der Waals surface area (Å²) in [6.45, 7) is 4.01. The molecule has 1 aromatic heterocycles. The number of sulfonamides is 1. The highest BCUT2D eigenvalue weighted by Gasteiger charge is 2.35. The molecule has 1 atom stereocenters. The second kappa shape index (κ2) is 7.11. The lowest BCUT2D eigenvalue weighted by Gasteiger charge is -2.39. The summed E-state index contributed by atoms with van der Waals surface area (Å²) in [4.78, 5) is 9.42. The summed E-state index contributed by atoms with van der Waals surface area (Å²) in [6, 6.07) is 3.54. The zero-order valence-electron chi connectivity index (χ0n) is 14.1. The SMILES string of the molecule is CCN1CCN(S(=O)(=O)c2ccc(OC)c(F)c2)CC1c1ncc[nH]1. The molecule has 0 aliphatic carbocycles. The summed E-state index contributed by atoms with van der Waals surface area (Å²) < 4.78 is 46.0. The van der Waals surface area contributed by atoms with Crippen molar-refractivity contribution >= 4 is 10.0 Å². The molecule has 1 aliphatic rings. The summed E-state index contributed by atoms with van der Waals surface area (Å²) in [5.41, 5.74) is 0. The first kappa shape index (κ1) is 17.8. The quantitative estimate of drug-likeness (QED) is 0.868. The minimum absolute atomic E-state index is 0.0169. The number of H-pyrrole nitrogens is 1. The predicted octanol–water partition coefficient (Wildman–Crippen LogP) is 1.62. The van der Waals surface area contributed by atoms with Crippen LogP contribution in [0.3, 0.4) is 0 Å². The summed E-state index contributed by atoms with van der Waals surface area (Å²) in [7, 11) is -2.46. The maximum atomic E-state index is 13.9. The van der Waals surface area contributed by atoms with Crippen molar-refractivity contribution in [2.45, 2.75) is 17.9 Å². The van der Waals surface area contributed by atoms with Crippen LogP contribution in [0.1, 0.15) is 18.8 Å². The summed E-state index contributed by atoms with van der Waals surface area (Å²) in [5.74, 6) is 0.0456. The number of likely N-dealkylation sites (N-methyl/N-ethyl adjacent to an activating group) is 1. The number of piperazine rings is 1. The van der Waals surface area contributed by atoms with E-state index in [-0.39, 0.29) is 23.2 Å². The van der Waals surface area contributed by atoms with Gasteiger partial charge >= 0.3 is 0 Å². The molecule has 3 rings (SSSR count). The molecule has 2 heterocycles. The van der Waals surface area contributed by atoms with Crippen molar-refractivity contribution in [3.8, 4) is 5.75 Å². The number of aromatic nitrogens is 2. The summed E-state index contributed by atoms with van der Waals surface area (Å²) in [6.07, 6.45) is 3.37. The lowest BCUT2D eigenvalue weighted by atomic mass is 10.2. The van der Waals surface area contributed by atoms with Crippen LogP contribution >= 0.6 is 0 Å². The fourth-order valence-electron chi connectivity index (χ4n) is 3.07. The minimum Gasteiger partial charge on any atom is -0.494 e. The van der Waals surface area contributed by atoms with Crippen LogP contribution in [0.5, 0.6) is 5.75 Å². The Bertz CT molecular complexity index is 826. The van der Waals surface area contributed by atoms with Gasteiger partial charge in [-0.2, -0.15) is 4.31 Å².